The van der Waals surface area contributed by atoms with Gasteiger partial charge in [0.05, 0.1) is 33.1 Å². The normalized spacial score (nSPS) is 10.6. The molecule has 4 aromatic carbocycles. The van der Waals surface area contributed by atoms with Crippen molar-refractivity contribution in [3.63, 3.8) is 0 Å². The minimum Gasteiger partial charge on any atom is -0.493 e. The number of hydrogen-bond donors (Lipinski definition) is 2. The maximum atomic E-state index is 13.0. The average molecular weight is 632 g/mol. The van der Waals surface area contributed by atoms with Crippen LogP contribution in [0.15, 0.2) is 94.5 Å². The summed E-state index contributed by atoms with van der Waals surface area (Å²) in [5.41, 5.74) is 4.43. The quantitative estimate of drug-likeness (QED) is 0.0994. The lowest BCUT2D eigenvalue weighted by Crippen LogP contribution is -2.18. The molecule has 0 unspecified atom stereocenters. The van der Waals surface area contributed by atoms with Crippen molar-refractivity contribution in [2.24, 2.45) is 5.10 Å². The second kappa shape index (κ2) is 14.0. The molecular weight excluding hydrogens is 606 g/mol. The smallest absolute Gasteiger partial charge is 0.343 e. The number of nitrogens with zero attached hydrogens (tertiary/aromatic N) is 1. The number of carbonyl (C=O) groups is 3. The van der Waals surface area contributed by atoms with Gasteiger partial charge in [-0.15, -0.1) is 0 Å². The number of anilines is 1. The standard InChI is InChI=1S/C31H26BrN3O7/c1-39-26-16-21(17-27(40-2)28(26)41-3)31(38)42-25-14-11-23(32)15-22(25)18-33-35-30(37)20-9-12-24(13-10-20)34-29(36)19-7-5-4-6-8-19/h4-18H,1-3H3,(H,34,36)(H,35,37)/b33-18-. The fourth-order valence-electron chi connectivity index (χ4n) is 3.79. The van der Waals surface area contributed by atoms with Gasteiger partial charge in [0, 0.05) is 26.9 Å². The van der Waals surface area contributed by atoms with E-state index in [4.69, 9.17) is 18.9 Å². The van der Waals surface area contributed by atoms with Crippen molar-refractivity contribution in [2.45, 2.75) is 0 Å². The summed E-state index contributed by atoms with van der Waals surface area (Å²) < 4.78 is 22.3. The van der Waals surface area contributed by atoms with E-state index in [2.05, 4.69) is 31.8 Å². The highest BCUT2D eigenvalue weighted by atomic mass is 79.9. The third-order valence-electron chi connectivity index (χ3n) is 5.89. The van der Waals surface area contributed by atoms with E-state index in [9.17, 15) is 14.4 Å². The Morgan fingerprint density at radius 1 is 0.714 bits per heavy atom. The molecule has 0 fully saturated rings. The Bertz CT molecular complexity index is 1600. The fourth-order valence-corrected chi connectivity index (χ4v) is 4.17. The summed E-state index contributed by atoms with van der Waals surface area (Å²) in [6.07, 6.45) is 1.36. The molecule has 11 heteroatoms. The molecular formula is C31H26BrN3O7. The molecule has 4 aromatic rings. The van der Waals surface area contributed by atoms with Gasteiger partial charge in [-0.05, 0) is 66.7 Å². The minimum absolute atomic E-state index is 0.173. The van der Waals surface area contributed by atoms with Gasteiger partial charge < -0.3 is 24.3 Å². The first kappa shape index (κ1) is 29.8. The zero-order valence-electron chi connectivity index (χ0n) is 22.8. The number of ether oxygens (including phenoxy) is 4. The molecule has 0 atom stereocenters. The van der Waals surface area contributed by atoms with E-state index in [1.165, 1.54) is 39.7 Å². The Labute approximate surface area is 250 Å². The van der Waals surface area contributed by atoms with Crippen molar-refractivity contribution in [2.75, 3.05) is 26.6 Å². The summed E-state index contributed by atoms with van der Waals surface area (Å²) >= 11 is 3.39. The van der Waals surface area contributed by atoms with Gasteiger partial charge in [0.15, 0.2) is 11.5 Å². The number of nitrogens with one attached hydrogen (secondary N) is 2. The van der Waals surface area contributed by atoms with Gasteiger partial charge in [0.2, 0.25) is 5.75 Å². The van der Waals surface area contributed by atoms with E-state index in [0.717, 1.165) is 0 Å². The van der Waals surface area contributed by atoms with Gasteiger partial charge >= 0.3 is 5.97 Å². The maximum Gasteiger partial charge on any atom is 0.343 e. The molecule has 4 rings (SSSR count). The summed E-state index contributed by atoms with van der Waals surface area (Å²) in [7, 11) is 4.36. The van der Waals surface area contributed by atoms with Crippen molar-refractivity contribution >= 4 is 45.6 Å². The van der Waals surface area contributed by atoms with Crippen LogP contribution < -0.4 is 29.7 Å². The van der Waals surface area contributed by atoms with Gasteiger partial charge in [-0.2, -0.15) is 5.10 Å². The second-order valence-corrected chi connectivity index (χ2v) is 9.50. The Hall–Kier alpha value is -5.16. The molecule has 0 bridgehead atoms. The molecule has 0 spiro atoms. The van der Waals surface area contributed by atoms with Crippen LogP contribution in [0.4, 0.5) is 5.69 Å². The Kier molecular flexibility index (Phi) is 9.90. The molecule has 0 saturated heterocycles. The lowest BCUT2D eigenvalue weighted by molar-refractivity contribution is 0.0733. The number of hydrazone groups is 1. The van der Waals surface area contributed by atoms with E-state index < -0.39 is 11.9 Å². The number of benzene rings is 4. The summed E-state index contributed by atoms with van der Waals surface area (Å²) in [6, 6.07) is 23.1. The highest BCUT2D eigenvalue weighted by Gasteiger charge is 2.19. The molecule has 0 radical (unpaired) electrons. The van der Waals surface area contributed by atoms with Crippen LogP contribution in [-0.4, -0.2) is 45.3 Å². The lowest BCUT2D eigenvalue weighted by atomic mass is 10.1. The van der Waals surface area contributed by atoms with Crippen molar-refractivity contribution in [1.29, 1.82) is 0 Å². The molecule has 0 aliphatic rings. The molecule has 42 heavy (non-hydrogen) atoms. The summed E-state index contributed by atoms with van der Waals surface area (Å²) in [5, 5.41) is 6.80. The Morgan fingerprint density at radius 2 is 1.36 bits per heavy atom. The monoisotopic (exact) mass is 631 g/mol. The van der Waals surface area contributed by atoms with Crippen molar-refractivity contribution in [3.05, 3.63) is 112 Å². The topological polar surface area (TPSA) is 125 Å². The largest absolute Gasteiger partial charge is 0.493 e. The number of carbonyl (C=O) groups excluding carboxylic acids is 3. The first-order valence-corrected chi connectivity index (χ1v) is 13.2. The van der Waals surface area contributed by atoms with Crippen LogP contribution in [0.25, 0.3) is 0 Å². The third kappa shape index (κ3) is 7.32. The van der Waals surface area contributed by atoms with E-state index in [1.54, 1.807) is 66.7 Å². The number of amides is 2. The van der Waals surface area contributed by atoms with Crippen LogP contribution in [0.2, 0.25) is 0 Å². The predicted molar refractivity (Wildman–Crippen MR) is 161 cm³/mol. The molecule has 214 valence electrons. The zero-order chi connectivity index (χ0) is 30.1. The van der Waals surface area contributed by atoms with Crippen LogP contribution in [0.5, 0.6) is 23.0 Å². The number of methoxy groups -OCH3 is 3. The SMILES string of the molecule is COc1cc(C(=O)Oc2ccc(Br)cc2/C=N\NC(=O)c2ccc(NC(=O)c3ccccc3)cc2)cc(OC)c1OC. The Balaban J connectivity index is 1.43. The minimum atomic E-state index is -0.672. The first-order chi connectivity index (χ1) is 20.3. The molecule has 0 saturated carbocycles. The van der Waals surface area contributed by atoms with Crippen LogP contribution >= 0.6 is 15.9 Å². The van der Waals surface area contributed by atoms with Gasteiger partial charge in [-0.1, -0.05) is 34.1 Å². The summed E-state index contributed by atoms with van der Waals surface area (Å²) in [5.74, 6) is -0.253. The highest BCUT2D eigenvalue weighted by Crippen LogP contribution is 2.38. The fraction of sp³-hybridized carbons (Fsp3) is 0.0968. The van der Waals surface area contributed by atoms with Crippen molar-refractivity contribution in [3.8, 4) is 23.0 Å². The predicted octanol–water partition coefficient (Wildman–Crippen LogP) is 5.71. The van der Waals surface area contributed by atoms with Crippen LogP contribution in [-0.2, 0) is 0 Å². The molecule has 2 N–H and O–H groups in total. The molecule has 0 aliphatic heterocycles. The van der Waals surface area contributed by atoms with E-state index in [-0.39, 0.29) is 17.2 Å². The van der Waals surface area contributed by atoms with Gasteiger partial charge in [-0.25, -0.2) is 10.2 Å². The molecule has 0 aliphatic carbocycles. The maximum absolute atomic E-state index is 13.0. The second-order valence-electron chi connectivity index (χ2n) is 8.58. The lowest BCUT2D eigenvalue weighted by Gasteiger charge is -2.14. The molecule has 0 aromatic heterocycles. The van der Waals surface area contributed by atoms with Crippen molar-refractivity contribution in [1.82, 2.24) is 5.43 Å². The zero-order valence-corrected chi connectivity index (χ0v) is 24.4. The number of halogens is 1. The first-order valence-electron chi connectivity index (χ1n) is 12.4. The molecule has 0 heterocycles. The third-order valence-corrected chi connectivity index (χ3v) is 6.38. The summed E-state index contributed by atoms with van der Waals surface area (Å²) in [4.78, 5) is 38.0. The number of esters is 1. The van der Waals surface area contributed by atoms with E-state index >= 15 is 0 Å². The van der Waals surface area contributed by atoms with E-state index in [1.807, 2.05) is 6.07 Å². The molecule has 10 nitrogen and oxygen atoms in total. The van der Waals surface area contributed by atoms with Crippen molar-refractivity contribution < 1.29 is 33.3 Å². The Morgan fingerprint density at radius 3 is 1.98 bits per heavy atom. The van der Waals surface area contributed by atoms with Gasteiger partial charge in [0.25, 0.3) is 11.8 Å². The molecule has 2 amide bonds. The van der Waals surface area contributed by atoms with Crippen LogP contribution in [0, 0.1) is 0 Å². The van der Waals surface area contributed by atoms with Gasteiger partial charge in [-0.3, -0.25) is 9.59 Å². The van der Waals surface area contributed by atoms with Crippen LogP contribution in [0.3, 0.4) is 0 Å². The van der Waals surface area contributed by atoms with E-state index in [0.29, 0.717) is 44.1 Å². The van der Waals surface area contributed by atoms with Crippen LogP contribution in [0.1, 0.15) is 36.6 Å². The average Bonchev–Trinajstić information content (AvgIpc) is 3.02. The van der Waals surface area contributed by atoms with Gasteiger partial charge in [0.1, 0.15) is 5.75 Å². The number of rotatable bonds is 10. The summed E-state index contributed by atoms with van der Waals surface area (Å²) in [6.45, 7) is 0. The highest BCUT2D eigenvalue weighted by molar-refractivity contribution is 9.10. The number of hydrogen-bond acceptors (Lipinski definition) is 8.